The number of esters is 1. The van der Waals surface area contributed by atoms with Crippen LogP contribution in [0, 0.1) is 0 Å². The fourth-order valence-corrected chi connectivity index (χ4v) is 4.66. The van der Waals surface area contributed by atoms with Gasteiger partial charge in [0.15, 0.2) is 0 Å². The first-order chi connectivity index (χ1) is 15.1. The number of aryl methyl sites for hydroxylation is 1. The van der Waals surface area contributed by atoms with Crippen molar-refractivity contribution in [2.45, 2.75) is 38.9 Å². The summed E-state index contributed by atoms with van der Waals surface area (Å²) in [6, 6.07) is 23.2. The Morgan fingerprint density at radius 1 is 0.781 bits per heavy atom. The molecule has 5 heteroatoms. The van der Waals surface area contributed by atoms with Crippen LogP contribution in [0.3, 0.4) is 0 Å². The van der Waals surface area contributed by atoms with Crippen LogP contribution in [0.5, 0.6) is 11.5 Å². The van der Waals surface area contributed by atoms with Crippen LogP contribution in [0.25, 0.3) is 21.8 Å². The molecule has 0 aliphatic carbocycles. The lowest BCUT2D eigenvalue weighted by Crippen LogP contribution is -2.43. The molecule has 0 spiro atoms. The zero-order chi connectivity index (χ0) is 23.1. The van der Waals surface area contributed by atoms with Gasteiger partial charge in [-0.1, -0.05) is 45.0 Å². The highest BCUT2D eigenvalue weighted by Gasteiger charge is 2.39. The van der Waals surface area contributed by atoms with Gasteiger partial charge in [0, 0.05) is 12.1 Å². The number of carbonyl (C=O) groups excluding carboxylic acids is 1. The first-order valence-electron chi connectivity index (χ1n) is 10.9. The monoisotopic (exact) mass is 444 g/mol. The predicted molar refractivity (Wildman–Crippen MR) is 132 cm³/mol. The number of ether oxygens (including phenoxy) is 1. The Labute approximate surface area is 190 Å². The number of hydrogen-bond acceptors (Lipinski definition) is 3. The number of rotatable bonds is 4. The second-order valence-corrected chi connectivity index (χ2v) is 14.4. The summed E-state index contributed by atoms with van der Waals surface area (Å²) in [4.78, 5) is 13.3. The van der Waals surface area contributed by atoms with E-state index in [9.17, 15) is 4.79 Å². The fourth-order valence-electron chi connectivity index (χ4n) is 3.63. The Balaban J connectivity index is 1.67. The van der Waals surface area contributed by atoms with Crippen LogP contribution in [-0.4, -0.2) is 14.3 Å². The van der Waals surface area contributed by atoms with Gasteiger partial charge >= 0.3 is 5.97 Å². The molecule has 0 N–H and O–H groups in total. The normalized spacial score (nSPS) is 12.2. The van der Waals surface area contributed by atoms with E-state index in [-0.39, 0.29) is 11.0 Å². The maximum absolute atomic E-state index is 13.3. The summed E-state index contributed by atoms with van der Waals surface area (Å²) in [5.41, 5.74) is 2.54. The smallest absolute Gasteiger partial charge is 0.345 e. The van der Waals surface area contributed by atoms with Crippen molar-refractivity contribution < 1.29 is 18.5 Å². The molecule has 0 aliphatic heterocycles. The van der Waals surface area contributed by atoms with Gasteiger partial charge in [0.05, 0.1) is 16.3 Å². The van der Waals surface area contributed by atoms with Crippen molar-refractivity contribution in [2.24, 2.45) is 7.05 Å². The van der Waals surface area contributed by atoms with Gasteiger partial charge in [0.2, 0.25) is 19.4 Å². The molecule has 1 heterocycles. The third kappa shape index (κ3) is 4.00. The van der Waals surface area contributed by atoms with E-state index >= 15 is 0 Å². The zero-order valence-corrected chi connectivity index (χ0v) is 20.6. The summed E-state index contributed by atoms with van der Waals surface area (Å²) in [7, 11) is 0.0904. The molecule has 32 heavy (non-hydrogen) atoms. The summed E-state index contributed by atoms with van der Waals surface area (Å²) in [6.07, 6.45) is 0. The van der Waals surface area contributed by atoms with Gasteiger partial charge in [0.25, 0.3) is 0 Å². The van der Waals surface area contributed by atoms with Gasteiger partial charge in [-0.25, -0.2) is 4.79 Å². The van der Waals surface area contributed by atoms with Gasteiger partial charge in [-0.3, -0.25) is 0 Å². The quantitative estimate of drug-likeness (QED) is 0.120. The van der Waals surface area contributed by atoms with Gasteiger partial charge in [-0.05, 0) is 54.5 Å². The SMILES string of the molecule is C[n+]1c2ccccc2c(C(=O)Oc2ccc(O[Si](C)(C)C(C)(C)C)cc2)c2ccccc21. The molecule has 0 saturated heterocycles. The molecule has 0 saturated carbocycles. The third-order valence-electron chi connectivity index (χ3n) is 6.49. The van der Waals surface area contributed by atoms with Crippen LogP contribution in [0.1, 0.15) is 31.1 Å². The third-order valence-corrected chi connectivity index (χ3v) is 10.8. The number of para-hydroxylation sites is 2. The first-order valence-corrected chi connectivity index (χ1v) is 13.8. The molecule has 4 nitrogen and oxygen atoms in total. The van der Waals surface area contributed by atoms with Crippen LogP contribution >= 0.6 is 0 Å². The standard InChI is InChI=1S/C27H30NO3Si/c1-27(2,3)32(5,6)31-20-17-15-19(16-18-20)30-26(29)25-21-11-7-9-13-23(21)28(4)24-14-10-8-12-22(24)25/h7-18H,1-6H3/q+1. The van der Waals surface area contributed by atoms with Gasteiger partial charge in [0.1, 0.15) is 18.5 Å². The lowest BCUT2D eigenvalue weighted by atomic mass is 10.0. The molecule has 0 unspecified atom stereocenters. The Morgan fingerprint density at radius 2 is 1.25 bits per heavy atom. The van der Waals surface area contributed by atoms with E-state index in [1.54, 1.807) is 12.1 Å². The maximum Gasteiger partial charge on any atom is 0.345 e. The summed E-state index contributed by atoms with van der Waals surface area (Å²) in [5, 5.41) is 1.86. The van der Waals surface area contributed by atoms with E-state index in [1.165, 1.54) is 0 Å². The van der Waals surface area contributed by atoms with Crippen molar-refractivity contribution in [3.63, 3.8) is 0 Å². The van der Waals surface area contributed by atoms with E-state index < -0.39 is 8.32 Å². The molecule has 0 radical (unpaired) electrons. The second kappa shape index (κ2) is 8.06. The summed E-state index contributed by atoms with van der Waals surface area (Å²) in [6.45, 7) is 11.1. The first kappa shape index (κ1) is 22.0. The van der Waals surface area contributed by atoms with Crippen molar-refractivity contribution >= 4 is 36.1 Å². The summed E-state index contributed by atoms with van der Waals surface area (Å²) < 4.78 is 14.3. The van der Waals surface area contributed by atoms with Crippen LogP contribution < -0.4 is 13.7 Å². The lowest BCUT2D eigenvalue weighted by Gasteiger charge is -2.36. The molecule has 0 bridgehead atoms. The molecule has 0 atom stereocenters. The molecule has 1 aromatic heterocycles. The zero-order valence-electron chi connectivity index (χ0n) is 19.6. The maximum atomic E-state index is 13.3. The van der Waals surface area contributed by atoms with E-state index in [2.05, 4.69) is 38.4 Å². The van der Waals surface area contributed by atoms with Crippen molar-refractivity contribution in [3.8, 4) is 11.5 Å². The molecule has 0 aliphatic rings. The highest BCUT2D eigenvalue weighted by molar-refractivity contribution is 6.74. The summed E-state index contributed by atoms with van der Waals surface area (Å²) in [5.74, 6) is 0.939. The number of fused-ring (bicyclic) bond motifs is 2. The van der Waals surface area contributed by atoms with E-state index in [1.807, 2.05) is 67.7 Å². The second-order valence-electron chi connectivity index (χ2n) is 9.69. The van der Waals surface area contributed by atoms with Gasteiger partial charge in [-0.15, -0.1) is 0 Å². The topological polar surface area (TPSA) is 39.4 Å². The van der Waals surface area contributed by atoms with Gasteiger partial charge < -0.3 is 9.16 Å². The van der Waals surface area contributed by atoms with Crippen molar-refractivity contribution in [3.05, 3.63) is 78.4 Å². The average Bonchev–Trinajstić information content (AvgIpc) is 2.74. The molecule has 0 amide bonds. The molecule has 4 rings (SSSR count). The van der Waals surface area contributed by atoms with E-state index in [4.69, 9.17) is 9.16 Å². The van der Waals surface area contributed by atoms with Crippen LogP contribution in [0.4, 0.5) is 0 Å². The molecule has 0 fully saturated rings. The largest absolute Gasteiger partial charge is 0.543 e. The van der Waals surface area contributed by atoms with Crippen LogP contribution in [0.15, 0.2) is 72.8 Å². The lowest BCUT2D eigenvalue weighted by molar-refractivity contribution is -0.617. The number of hydrogen-bond donors (Lipinski definition) is 0. The minimum absolute atomic E-state index is 0.115. The number of aromatic nitrogens is 1. The highest BCUT2D eigenvalue weighted by atomic mass is 28.4. The summed E-state index contributed by atoms with van der Waals surface area (Å²) >= 11 is 0. The minimum Gasteiger partial charge on any atom is -0.543 e. The predicted octanol–water partition coefficient (Wildman–Crippen LogP) is 6.42. The number of benzene rings is 3. The number of carbonyl (C=O) groups is 1. The number of pyridine rings is 1. The molecule has 3 aromatic carbocycles. The fraction of sp³-hybridized carbons (Fsp3) is 0.259. The van der Waals surface area contributed by atoms with Crippen molar-refractivity contribution in [1.29, 1.82) is 0 Å². The Hall–Kier alpha value is -3.18. The average molecular weight is 445 g/mol. The van der Waals surface area contributed by atoms with Crippen molar-refractivity contribution in [1.82, 2.24) is 0 Å². The van der Waals surface area contributed by atoms with Crippen LogP contribution in [0.2, 0.25) is 18.1 Å². The molecule has 164 valence electrons. The van der Waals surface area contributed by atoms with Crippen molar-refractivity contribution in [2.75, 3.05) is 0 Å². The Morgan fingerprint density at radius 3 is 1.75 bits per heavy atom. The minimum atomic E-state index is -1.92. The Bertz CT molecular complexity index is 1250. The highest BCUT2D eigenvalue weighted by Crippen LogP contribution is 2.37. The van der Waals surface area contributed by atoms with Gasteiger partial charge in [-0.2, -0.15) is 4.57 Å². The molecule has 4 aromatic rings. The van der Waals surface area contributed by atoms with E-state index in [0.717, 1.165) is 27.6 Å². The van der Waals surface area contributed by atoms with E-state index in [0.29, 0.717) is 11.3 Å². The number of nitrogens with zero attached hydrogens (tertiary/aromatic N) is 1. The molecular formula is C27H30NO3Si+. The molecular weight excluding hydrogens is 414 g/mol. The Kier molecular flexibility index (Phi) is 5.55. The van der Waals surface area contributed by atoms with Crippen LogP contribution in [-0.2, 0) is 7.05 Å².